The Morgan fingerprint density at radius 1 is 0.963 bits per heavy atom. The van der Waals surface area contributed by atoms with E-state index in [0.29, 0.717) is 11.1 Å². The molecular weight excluding hydrogens is 396 g/mol. The van der Waals surface area contributed by atoms with E-state index in [1.807, 2.05) is 42.6 Å². The third-order valence-corrected chi connectivity index (χ3v) is 6.48. The minimum atomic E-state index is 0.475. The number of hydrogen-bond donors (Lipinski definition) is 0. The summed E-state index contributed by atoms with van der Waals surface area (Å²) in [5.41, 5.74) is 2.26. The Balaban J connectivity index is 1.59. The van der Waals surface area contributed by atoms with Crippen molar-refractivity contribution in [1.82, 2.24) is 20.2 Å². The predicted octanol–water partition coefficient (Wildman–Crippen LogP) is 5.93. The molecule has 132 valence electrons. The summed E-state index contributed by atoms with van der Waals surface area (Å²) in [7, 11) is 0. The summed E-state index contributed by atoms with van der Waals surface area (Å²) in [6.07, 6.45) is 0. The SMILES string of the molecule is Cc1nc(Sc2nnc(-c3cccs3)o2)c2c(-c3ccccc3)csc2n1. The van der Waals surface area contributed by atoms with Crippen molar-refractivity contribution in [2.45, 2.75) is 17.2 Å². The van der Waals surface area contributed by atoms with Crippen molar-refractivity contribution in [3.8, 4) is 21.9 Å². The van der Waals surface area contributed by atoms with Gasteiger partial charge in [-0.15, -0.1) is 32.9 Å². The molecule has 4 heterocycles. The summed E-state index contributed by atoms with van der Waals surface area (Å²) < 4.78 is 5.84. The molecule has 4 aromatic heterocycles. The highest BCUT2D eigenvalue weighted by molar-refractivity contribution is 7.99. The average molecular weight is 409 g/mol. The van der Waals surface area contributed by atoms with Gasteiger partial charge in [-0.3, -0.25) is 0 Å². The lowest BCUT2D eigenvalue weighted by Gasteiger charge is -2.04. The molecule has 5 nitrogen and oxygen atoms in total. The lowest BCUT2D eigenvalue weighted by atomic mass is 10.1. The van der Waals surface area contributed by atoms with Crippen molar-refractivity contribution in [3.05, 3.63) is 59.0 Å². The summed E-state index contributed by atoms with van der Waals surface area (Å²) in [5.74, 6) is 1.26. The smallest absolute Gasteiger partial charge is 0.283 e. The second-order valence-corrected chi connectivity index (χ2v) is 8.47. The Hall–Kier alpha value is -2.55. The quantitative estimate of drug-likeness (QED) is 0.343. The maximum absolute atomic E-state index is 5.84. The zero-order valence-corrected chi connectivity index (χ0v) is 16.6. The van der Waals surface area contributed by atoms with E-state index in [-0.39, 0.29) is 0 Å². The molecule has 0 aliphatic carbocycles. The number of aryl methyl sites for hydroxylation is 1. The molecule has 0 amide bonds. The van der Waals surface area contributed by atoms with Gasteiger partial charge >= 0.3 is 0 Å². The summed E-state index contributed by atoms with van der Waals surface area (Å²) in [6.45, 7) is 1.90. The molecule has 0 atom stereocenters. The van der Waals surface area contributed by atoms with E-state index in [0.717, 1.165) is 37.1 Å². The minimum Gasteiger partial charge on any atom is -0.410 e. The Morgan fingerprint density at radius 3 is 2.67 bits per heavy atom. The Kier molecular flexibility index (Phi) is 4.23. The van der Waals surface area contributed by atoms with Crippen molar-refractivity contribution in [1.29, 1.82) is 0 Å². The van der Waals surface area contributed by atoms with Gasteiger partial charge < -0.3 is 4.42 Å². The van der Waals surface area contributed by atoms with Crippen LogP contribution in [0, 0.1) is 6.92 Å². The molecule has 1 aromatic carbocycles. The van der Waals surface area contributed by atoms with Crippen LogP contribution in [0.5, 0.6) is 0 Å². The molecule has 0 bridgehead atoms. The van der Waals surface area contributed by atoms with E-state index >= 15 is 0 Å². The van der Waals surface area contributed by atoms with Crippen LogP contribution < -0.4 is 0 Å². The minimum absolute atomic E-state index is 0.475. The van der Waals surface area contributed by atoms with Crippen molar-refractivity contribution in [2.75, 3.05) is 0 Å². The van der Waals surface area contributed by atoms with Crippen LogP contribution >= 0.6 is 34.4 Å². The molecule has 8 heteroatoms. The summed E-state index contributed by atoms with van der Waals surface area (Å²) in [6, 6.07) is 14.2. The normalized spacial score (nSPS) is 11.3. The van der Waals surface area contributed by atoms with E-state index in [1.165, 1.54) is 11.8 Å². The Morgan fingerprint density at radius 2 is 1.85 bits per heavy atom. The first kappa shape index (κ1) is 16.6. The second-order valence-electron chi connectivity index (χ2n) is 5.72. The maximum atomic E-state index is 5.84. The van der Waals surface area contributed by atoms with Crippen LogP contribution in [-0.4, -0.2) is 20.2 Å². The molecule has 0 spiro atoms. The van der Waals surface area contributed by atoms with E-state index < -0.39 is 0 Å². The number of rotatable bonds is 4. The topological polar surface area (TPSA) is 64.7 Å². The number of thiophene rings is 2. The van der Waals surface area contributed by atoms with Crippen molar-refractivity contribution in [2.24, 2.45) is 0 Å². The van der Waals surface area contributed by atoms with Gasteiger partial charge in [-0.25, -0.2) is 9.97 Å². The molecule has 0 unspecified atom stereocenters. The molecule has 0 aliphatic rings. The maximum Gasteiger partial charge on any atom is 0.283 e. The lowest BCUT2D eigenvalue weighted by molar-refractivity contribution is 0.466. The van der Waals surface area contributed by atoms with E-state index in [2.05, 4.69) is 37.7 Å². The fourth-order valence-corrected chi connectivity index (χ4v) is 5.30. The summed E-state index contributed by atoms with van der Waals surface area (Å²) in [5, 5.41) is 14.8. The third kappa shape index (κ3) is 3.16. The van der Waals surface area contributed by atoms with E-state index in [9.17, 15) is 0 Å². The van der Waals surface area contributed by atoms with Crippen LogP contribution in [0.15, 0.2) is 67.9 Å². The molecule has 5 aromatic rings. The first-order chi connectivity index (χ1) is 13.3. The second kappa shape index (κ2) is 6.88. The van der Waals surface area contributed by atoms with Gasteiger partial charge in [-0.2, -0.15) is 0 Å². The van der Waals surface area contributed by atoms with Crippen LogP contribution in [0.25, 0.3) is 32.1 Å². The Bertz CT molecular complexity index is 1210. The van der Waals surface area contributed by atoms with Crippen molar-refractivity contribution in [3.63, 3.8) is 0 Å². The van der Waals surface area contributed by atoms with Crippen LogP contribution in [0.3, 0.4) is 0 Å². The molecule has 0 aliphatic heterocycles. The molecule has 0 fully saturated rings. The highest BCUT2D eigenvalue weighted by Gasteiger charge is 2.18. The largest absolute Gasteiger partial charge is 0.410 e. The van der Waals surface area contributed by atoms with Gasteiger partial charge in [0.15, 0.2) is 0 Å². The van der Waals surface area contributed by atoms with Crippen molar-refractivity contribution < 1.29 is 4.42 Å². The van der Waals surface area contributed by atoms with Gasteiger partial charge in [0, 0.05) is 10.9 Å². The van der Waals surface area contributed by atoms with Gasteiger partial charge in [0.25, 0.3) is 11.1 Å². The zero-order valence-electron chi connectivity index (χ0n) is 14.1. The van der Waals surface area contributed by atoms with Gasteiger partial charge in [0.05, 0.1) is 10.3 Å². The molecule has 0 saturated carbocycles. The van der Waals surface area contributed by atoms with Crippen molar-refractivity contribution >= 4 is 44.7 Å². The van der Waals surface area contributed by atoms with Gasteiger partial charge in [-0.1, -0.05) is 36.4 Å². The number of fused-ring (bicyclic) bond motifs is 1. The lowest BCUT2D eigenvalue weighted by Crippen LogP contribution is -1.91. The van der Waals surface area contributed by atoms with Gasteiger partial charge in [0.2, 0.25) is 0 Å². The predicted molar refractivity (Wildman–Crippen MR) is 109 cm³/mol. The molecule has 0 N–H and O–H groups in total. The van der Waals surface area contributed by atoms with Crippen LogP contribution in [0.4, 0.5) is 0 Å². The van der Waals surface area contributed by atoms with Gasteiger partial charge in [-0.05, 0) is 35.7 Å². The van der Waals surface area contributed by atoms with Gasteiger partial charge in [0.1, 0.15) is 15.7 Å². The monoisotopic (exact) mass is 408 g/mol. The highest BCUT2D eigenvalue weighted by atomic mass is 32.2. The molecule has 0 saturated heterocycles. The number of nitrogens with zero attached hydrogens (tertiary/aromatic N) is 4. The number of aromatic nitrogens is 4. The first-order valence-corrected chi connectivity index (χ1v) is 10.7. The van der Waals surface area contributed by atoms with E-state index in [4.69, 9.17) is 4.42 Å². The molecule has 0 radical (unpaired) electrons. The molecular formula is C19H12N4OS3. The first-order valence-electron chi connectivity index (χ1n) is 8.14. The zero-order chi connectivity index (χ0) is 18.2. The standard InChI is InChI=1S/C19H12N4OS3/c1-11-20-17-15(13(10-26-17)12-6-3-2-4-7-12)18(21-11)27-19-23-22-16(24-19)14-8-5-9-25-14/h2-10H,1H3. The fourth-order valence-electron chi connectivity index (χ4n) is 2.75. The summed E-state index contributed by atoms with van der Waals surface area (Å²) >= 11 is 4.58. The van der Waals surface area contributed by atoms with Crippen LogP contribution in [-0.2, 0) is 0 Å². The number of hydrogen-bond acceptors (Lipinski definition) is 8. The third-order valence-electron chi connectivity index (χ3n) is 3.92. The number of benzene rings is 1. The summed E-state index contributed by atoms with van der Waals surface area (Å²) in [4.78, 5) is 11.2. The molecule has 5 rings (SSSR count). The average Bonchev–Trinajstić information content (AvgIpc) is 3.42. The highest BCUT2D eigenvalue weighted by Crippen LogP contribution is 2.40. The fraction of sp³-hybridized carbons (Fsp3) is 0.0526. The molecule has 27 heavy (non-hydrogen) atoms. The Labute approximate surface area is 167 Å². The van der Waals surface area contributed by atoms with Crippen LogP contribution in [0.2, 0.25) is 0 Å². The van der Waals surface area contributed by atoms with E-state index in [1.54, 1.807) is 22.7 Å². The van der Waals surface area contributed by atoms with Crippen LogP contribution in [0.1, 0.15) is 5.82 Å².